The lowest BCUT2D eigenvalue weighted by Gasteiger charge is -2.10. The van der Waals surface area contributed by atoms with Gasteiger partial charge >= 0.3 is 0 Å². The number of hydrogen-bond acceptors (Lipinski definition) is 3. The topological polar surface area (TPSA) is 27.7 Å². The fourth-order valence-electron chi connectivity index (χ4n) is 1.79. The number of ether oxygens (including phenoxy) is 3. The van der Waals surface area contributed by atoms with Crippen LogP contribution in [0.25, 0.3) is 0 Å². The van der Waals surface area contributed by atoms with Crippen molar-refractivity contribution in [1.82, 2.24) is 0 Å². The van der Waals surface area contributed by atoms with Crippen molar-refractivity contribution < 1.29 is 14.2 Å². The van der Waals surface area contributed by atoms with Crippen LogP contribution in [0.3, 0.4) is 0 Å². The van der Waals surface area contributed by atoms with Gasteiger partial charge in [-0.05, 0) is 24.0 Å². The molecule has 82 valence electrons. The summed E-state index contributed by atoms with van der Waals surface area (Å²) in [4.78, 5) is 0. The van der Waals surface area contributed by atoms with E-state index in [1.165, 1.54) is 5.56 Å². The first-order valence-corrected chi connectivity index (χ1v) is 5.18. The maximum Gasteiger partial charge on any atom is 0.231 e. The third kappa shape index (κ3) is 1.87. The van der Waals surface area contributed by atoms with Crippen LogP contribution in [0.15, 0.2) is 12.1 Å². The van der Waals surface area contributed by atoms with Crippen molar-refractivity contribution in [3.8, 4) is 17.2 Å². The lowest BCUT2D eigenvalue weighted by Crippen LogP contribution is -1.97. The van der Waals surface area contributed by atoms with Gasteiger partial charge in [0.2, 0.25) is 12.5 Å². The Balaban J connectivity index is 2.38. The zero-order valence-corrected chi connectivity index (χ0v) is 9.37. The normalized spacial score (nSPS) is 13.3. The number of benzene rings is 1. The van der Waals surface area contributed by atoms with Gasteiger partial charge in [0, 0.05) is 0 Å². The summed E-state index contributed by atoms with van der Waals surface area (Å²) in [7, 11) is 1.64. The molecule has 0 aliphatic carbocycles. The summed E-state index contributed by atoms with van der Waals surface area (Å²) in [5.41, 5.74) is 1.19. The fourth-order valence-corrected chi connectivity index (χ4v) is 1.79. The molecule has 0 atom stereocenters. The van der Waals surface area contributed by atoms with E-state index in [0.717, 1.165) is 23.7 Å². The molecule has 1 aliphatic rings. The highest BCUT2D eigenvalue weighted by atomic mass is 16.7. The lowest BCUT2D eigenvalue weighted by atomic mass is 10.0. The zero-order valence-electron chi connectivity index (χ0n) is 9.37. The van der Waals surface area contributed by atoms with Crippen LogP contribution in [0.5, 0.6) is 17.2 Å². The summed E-state index contributed by atoms with van der Waals surface area (Å²) >= 11 is 0. The minimum Gasteiger partial charge on any atom is -0.493 e. The second kappa shape index (κ2) is 4.01. The molecule has 1 aliphatic heterocycles. The van der Waals surface area contributed by atoms with Crippen molar-refractivity contribution in [1.29, 1.82) is 0 Å². The highest BCUT2D eigenvalue weighted by Gasteiger charge is 2.22. The number of methoxy groups -OCH3 is 1. The van der Waals surface area contributed by atoms with Gasteiger partial charge in [0.1, 0.15) is 0 Å². The highest BCUT2D eigenvalue weighted by molar-refractivity contribution is 5.57. The third-order valence-electron chi connectivity index (χ3n) is 2.41. The molecule has 0 aromatic heterocycles. The van der Waals surface area contributed by atoms with Crippen LogP contribution in [-0.2, 0) is 6.42 Å². The molecular weight excluding hydrogens is 192 g/mol. The van der Waals surface area contributed by atoms with Gasteiger partial charge < -0.3 is 14.2 Å². The summed E-state index contributed by atoms with van der Waals surface area (Å²) in [5.74, 6) is 2.94. The first-order valence-electron chi connectivity index (χ1n) is 5.18. The Hall–Kier alpha value is -1.38. The molecule has 3 nitrogen and oxygen atoms in total. The van der Waals surface area contributed by atoms with Gasteiger partial charge in [-0.15, -0.1) is 0 Å². The SMILES string of the molecule is COc1ccc(CC(C)C)c2c1OCO2. The molecule has 1 aromatic carbocycles. The predicted molar refractivity (Wildman–Crippen MR) is 57.7 cm³/mol. The standard InChI is InChI=1S/C12H16O3/c1-8(2)6-9-4-5-10(13-3)12-11(9)14-7-15-12/h4-5,8H,6-7H2,1-3H3. The van der Waals surface area contributed by atoms with E-state index in [-0.39, 0.29) is 0 Å². The molecule has 1 heterocycles. The quantitative estimate of drug-likeness (QED) is 0.764. The van der Waals surface area contributed by atoms with E-state index < -0.39 is 0 Å². The van der Waals surface area contributed by atoms with Crippen molar-refractivity contribution in [3.05, 3.63) is 17.7 Å². The van der Waals surface area contributed by atoms with E-state index in [2.05, 4.69) is 13.8 Å². The van der Waals surface area contributed by atoms with E-state index >= 15 is 0 Å². The second-order valence-electron chi connectivity index (χ2n) is 4.09. The molecule has 15 heavy (non-hydrogen) atoms. The summed E-state index contributed by atoms with van der Waals surface area (Å²) in [6.45, 7) is 4.67. The van der Waals surface area contributed by atoms with E-state index in [0.29, 0.717) is 12.7 Å². The minimum atomic E-state index is 0.292. The molecule has 0 saturated carbocycles. The molecule has 0 bridgehead atoms. The number of fused-ring (bicyclic) bond motifs is 1. The monoisotopic (exact) mass is 208 g/mol. The first-order chi connectivity index (χ1) is 7.22. The summed E-state index contributed by atoms with van der Waals surface area (Å²) in [6.07, 6.45) is 0.996. The molecule has 0 spiro atoms. The van der Waals surface area contributed by atoms with Crippen LogP contribution in [0, 0.1) is 5.92 Å². The van der Waals surface area contributed by atoms with Crippen molar-refractivity contribution in [2.45, 2.75) is 20.3 Å². The van der Waals surface area contributed by atoms with Crippen molar-refractivity contribution in [3.63, 3.8) is 0 Å². The van der Waals surface area contributed by atoms with Gasteiger partial charge in [-0.25, -0.2) is 0 Å². The summed E-state index contributed by atoms with van der Waals surface area (Å²) < 4.78 is 16.1. The third-order valence-corrected chi connectivity index (χ3v) is 2.41. The van der Waals surface area contributed by atoms with Gasteiger partial charge in [-0.3, -0.25) is 0 Å². The maximum absolute atomic E-state index is 5.47. The van der Waals surface area contributed by atoms with Crippen LogP contribution in [0.1, 0.15) is 19.4 Å². The predicted octanol–water partition coefficient (Wildman–Crippen LogP) is 2.62. The molecule has 1 aromatic rings. The van der Waals surface area contributed by atoms with Gasteiger partial charge in [0.05, 0.1) is 7.11 Å². The van der Waals surface area contributed by atoms with Gasteiger partial charge in [-0.2, -0.15) is 0 Å². The van der Waals surface area contributed by atoms with Crippen molar-refractivity contribution in [2.75, 3.05) is 13.9 Å². The van der Waals surface area contributed by atoms with Crippen LogP contribution in [0.2, 0.25) is 0 Å². The summed E-state index contributed by atoms with van der Waals surface area (Å²) in [5, 5.41) is 0. The molecule has 0 saturated heterocycles. The Kier molecular flexibility index (Phi) is 2.71. The molecule has 0 fully saturated rings. The van der Waals surface area contributed by atoms with Gasteiger partial charge in [0.15, 0.2) is 11.5 Å². The summed E-state index contributed by atoms with van der Waals surface area (Å²) in [6, 6.07) is 3.98. The fraction of sp³-hybridized carbons (Fsp3) is 0.500. The Morgan fingerprint density at radius 1 is 1.27 bits per heavy atom. The Labute approximate surface area is 90.0 Å². The van der Waals surface area contributed by atoms with Crippen LogP contribution < -0.4 is 14.2 Å². The van der Waals surface area contributed by atoms with E-state index in [1.807, 2.05) is 12.1 Å². The Morgan fingerprint density at radius 2 is 2.00 bits per heavy atom. The second-order valence-corrected chi connectivity index (χ2v) is 4.09. The Bertz CT molecular complexity index is 358. The van der Waals surface area contributed by atoms with Crippen molar-refractivity contribution in [2.24, 2.45) is 5.92 Å². The molecule has 3 heteroatoms. The zero-order chi connectivity index (χ0) is 10.8. The van der Waals surface area contributed by atoms with E-state index in [9.17, 15) is 0 Å². The molecule has 0 unspecified atom stereocenters. The van der Waals surface area contributed by atoms with Crippen LogP contribution >= 0.6 is 0 Å². The lowest BCUT2D eigenvalue weighted by molar-refractivity contribution is 0.170. The molecule has 2 rings (SSSR count). The minimum absolute atomic E-state index is 0.292. The average molecular weight is 208 g/mol. The molecule has 0 N–H and O–H groups in total. The first kappa shape index (κ1) is 10.1. The molecule has 0 amide bonds. The smallest absolute Gasteiger partial charge is 0.231 e. The Morgan fingerprint density at radius 3 is 2.67 bits per heavy atom. The van der Waals surface area contributed by atoms with Gasteiger partial charge in [-0.1, -0.05) is 19.9 Å². The van der Waals surface area contributed by atoms with E-state index in [4.69, 9.17) is 14.2 Å². The molecule has 0 radical (unpaired) electrons. The maximum atomic E-state index is 5.47. The van der Waals surface area contributed by atoms with Crippen LogP contribution in [-0.4, -0.2) is 13.9 Å². The number of rotatable bonds is 3. The molecular formula is C12H16O3. The van der Waals surface area contributed by atoms with Crippen molar-refractivity contribution >= 4 is 0 Å². The van der Waals surface area contributed by atoms with Crippen LogP contribution in [0.4, 0.5) is 0 Å². The largest absolute Gasteiger partial charge is 0.493 e. The highest BCUT2D eigenvalue weighted by Crippen LogP contribution is 2.43. The van der Waals surface area contributed by atoms with E-state index in [1.54, 1.807) is 7.11 Å². The van der Waals surface area contributed by atoms with Gasteiger partial charge in [0.25, 0.3) is 0 Å². The average Bonchev–Trinajstić information content (AvgIpc) is 2.66. The number of hydrogen-bond donors (Lipinski definition) is 0.